The molecule has 0 amide bonds. The molecule has 0 aliphatic rings. The fraction of sp³-hybridized carbons (Fsp3) is 0.312. The molecular formula is C16H19NO2S2. The van der Waals surface area contributed by atoms with E-state index in [0.29, 0.717) is 12.3 Å². The van der Waals surface area contributed by atoms with Gasteiger partial charge in [0.25, 0.3) is 0 Å². The summed E-state index contributed by atoms with van der Waals surface area (Å²) in [6, 6.07) is 13.4. The molecular weight excluding hydrogens is 302 g/mol. The fourth-order valence-corrected chi connectivity index (χ4v) is 4.07. The van der Waals surface area contributed by atoms with E-state index in [-0.39, 0.29) is 0 Å². The second-order valence-electron chi connectivity index (χ2n) is 4.72. The molecule has 1 heterocycles. The molecule has 1 atom stereocenters. The lowest BCUT2D eigenvalue weighted by atomic mass is 9.91. The van der Waals surface area contributed by atoms with Crippen LogP contribution in [-0.4, -0.2) is 23.4 Å². The van der Waals surface area contributed by atoms with Gasteiger partial charge in [0.2, 0.25) is 0 Å². The van der Waals surface area contributed by atoms with Crippen LogP contribution in [-0.2, 0) is 10.3 Å². The molecule has 0 bridgehead atoms. The molecule has 0 saturated heterocycles. The Kier molecular flexibility index (Phi) is 5.85. The van der Waals surface area contributed by atoms with E-state index < -0.39 is 11.5 Å². The molecule has 0 aliphatic heterocycles. The molecule has 0 saturated carbocycles. The number of aliphatic carboxylic acids is 1. The van der Waals surface area contributed by atoms with Gasteiger partial charge in [-0.25, -0.2) is 4.79 Å². The highest BCUT2D eigenvalue weighted by molar-refractivity contribution is 8.01. The van der Waals surface area contributed by atoms with Crippen LogP contribution in [0.1, 0.15) is 18.9 Å². The van der Waals surface area contributed by atoms with Crippen LogP contribution >= 0.6 is 23.1 Å². The van der Waals surface area contributed by atoms with E-state index in [1.165, 1.54) is 0 Å². The van der Waals surface area contributed by atoms with Gasteiger partial charge in [-0.1, -0.05) is 43.3 Å². The van der Waals surface area contributed by atoms with Gasteiger partial charge in [0.15, 0.2) is 5.54 Å². The molecule has 1 unspecified atom stereocenters. The Balaban J connectivity index is 2.28. The number of hydrogen-bond donors (Lipinski definition) is 2. The highest BCUT2D eigenvalue weighted by Gasteiger charge is 2.39. The van der Waals surface area contributed by atoms with E-state index in [9.17, 15) is 9.90 Å². The van der Waals surface area contributed by atoms with Crippen molar-refractivity contribution in [2.75, 3.05) is 12.3 Å². The first-order chi connectivity index (χ1) is 10.2. The summed E-state index contributed by atoms with van der Waals surface area (Å²) in [5.41, 5.74) is -0.249. The summed E-state index contributed by atoms with van der Waals surface area (Å²) in [7, 11) is 0. The summed E-state index contributed by atoms with van der Waals surface area (Å²) in [5, 5.41) is 15.1. The molecule has 0 fully saturated rings. The number of nitrogens with one attached hydrogen (secondary N) is 1. The van der Waals surface area contributed by atoms with Crippen molar-refractivity contribution >= 4 is 29.1 Å². The lowest BCUT2D eigenvalue weighted by molar-refractivity contribution is -0.144. The first-order valence-corrected chi connectivity index (χ1v) is 8.76. The lowest BCUT2D eigenvalue weighted by Gasteiger charge is -2.30. The average molecular weight is 321 g/mol. The van der Waals surface area contributed by atoms with Crippen molar-refractivity contribution in [3.63, 3.8) is 0 Å². The van der Waals surface area contributed by atoms with Crippen molar-refractivity contribution in [3.05, 3.63) is 53.4 Å². The Morgan fingerprint density at radius 1 is 1.29 bits per heavy atom. The number of carbonyl (C=O) groups is 1. The second-order valence-corrected chi connectivity index (χ2v) is 6.95. The number of rotatable bonds is 8. The molecule has 0 spiro atoms. The van der Waals surface area contributed by atoms with E-state index in [1.807, 2.05) is 54.8 Å². The van der Waals surface area contributed by atoms with Gasteiger partial charge in [-0.15, -0.1) is 23.1 Å². The molecule has 112 valence electrons. The summed E-state index contributed by atoms with van der Waals surface area (Å²) in [4.78, 5) is 12.0. The van der Waals surface area contributed by atoms with Gasteiger partial charge >= 0.3 is 5.97 Å². The topological polar surface area (TPSA) is 49.3 Å². The number of thiophene rings is 1. The Labute approximate surface area is 133 Å². The van der Waals surface area contributed by atoms with E-state index in [1.54, 1.807) is 23.1 Å². The zero-order valence-electron chi connectivity index (χ0n) is 11.9. The third kappa shape index (κ3) is 3.87. The summed E-state index contributed by atoms with van der Waals surface area (Å²) in [6.45, 7) is 2.71. The van der Waals surface area contributed by atoms with Crippen molar-refractivity contribution in [1.29, 1.82) is 0 Å². The monoisotopic (exact) mass is 321 g/mol. The third-order valence-corrected chi connectivity index (χ3v) is 5.54. The number of benzene rings is 1. The van der Waals surface area contributed by atoms with Crippen LogP contribution in [0.25, 0.3) is 0 Å². The van der Waals surface area contributed by atoms with Crippen LogP contribution in [0.2, 0.25) is 0 Å². The number of carboxylic acid groups (broad SMARTS) is 1. The summed E-state index contributed by atoms with van der Waals surface area (Å²) >= 11 is 3.22. The minimum absolute atomic E-state index is 0.465. The molecule has 21 heavy (non-hydrogen) atoms. The first-order valence-electron chi connectivity index (χ1n) is 6.89. The van der Waals surface area contributed by atoms with E-state index in [4.69, 9.17) is 0 Å². The van der Waals surface area contributed by atoms with Gasteiger partial charge in [-0.3, -0.25) is 5.32 Å². The van der Waals surface area contributed by atoms with Crippen LogP contribution < -0.4 is 5.32 Å². The predicted octanol–water partition coefficient (Wildman–Crippen LogP) is 3.82. The van der Waals surface area contributed by atoms with Crippen molar-refractivity contribution in [1.82, 2.24) is 5.32 Å². The summed E-state index contributed by atoms with van der Waals surface area (Å²) in [6.07, 6.45) is 0.894. The van der Waals surface area contributed by atoms with Crippen molar-refractivity contribution in [2.24, 2.45) is 0 Å². The maximum Gasteiger partial charge on any atom is 0.329 e. The molecule has 2 rings (SSSR count). The smallest absolute Gasteiger partial charge is 0.329 e. The zero-order valence-corrected chi connectivity index (χ0v) is 13.5. The molecule has 2 N–H and O–H groups in total. The summed E-state index contributed by atoms with van der Waals surface area (Å²) < 4.78 is 1.13. The van der Waals surface area contributed by atoms with Crippen LogP contribution in [0.3, 0.4) is 0 Å². The molecule has 1 aromatic carbocycles. The van der Waals surface area contributed by atoms with Crippen molar-refractivity contribution in [2.45, 2.75) is 23.1 Å². The Hall–Kier alpha value is -1.30. The Morgan fingerprint density at radius 3 is 2.62 bits per heavy atom. The van der Waals surface area contributed by atoms with Crippen LogP contribution in [0.4, 0.5) is 0 Å². The van der Waals surface area contributed by atoms with Crippen molar-refractivity contribution in [3.8, 4) is 0 Å². The quantitative estimate of drug-likeness (QED) is 0.726. The minimum Gasteiger partial charge on any atom is -0.480 e. The first kappa shape index (κ1) is 16.1. The van der Waals surface area contributed by atoms with E-state index >= 15 is 0 Å². The Bertz CT molecular complexity index is 557. The minimum atomic E-state index is -1.05. The van der Waals surface area contributed by atoms with Gasteiger partial charge in [0.1, 0.15) is 0 Å². The molecule has 1 aromatic heterocycles. The molecule has 5 heteroatoms. The fourth-order valence-electron chi connectivity index (χ4n) is 2.08. The van der Waals surface area contributed by atoms with E-state index in [2.05, 4.69) is 5.32 Å². The van der Waals surface area contributed by atoms with Crippen LogP contribution in [0.15, 0.2) is 52.1 Å². The van der Waals surface area contributed by atoms with Gasteiger partial charge in [-0.05, 0) is 30.0 Å². The lowest BCUT2D eigenvalue weighted by Crippen LogP contribution is -2.51. The standard InChI is InChI=1S/C16H19NO2S2/c1-2-10-17-16(15(18)19,13-7-4-3-5-8-13)12-21-14-9-6-11-20-14/h3-9,11,17H,2,10,12H2,1H3,(H,18,19). The highest BCUT2D eigenvalue weighted by Crippen LogP contribution is 2.32. The van der Waals surface area contributed by atoms with Crippen LogP contribution in [0, 0.1) is 0 Å². The maximum absolute atomic E-state index is 12.0. The second kappa shape index (κ2) is 7.64. The zero-order chi connectivity index (χ0) is 15.1. The largest absolute Gasteiger partial charge is 0.480 e. The van der Waals surface area contributed by atoms with Gasteiger partial charge in [0.05, 0.1) is 4.21 Å². The molecule has 2 aromatic rings. The number of carboxylic acids is 1. The predicted molar refractivity (Wildman–Crippen MR) is 89.1 cm³/mol. The highest BCUT2D eigenvalue weighted by atomic mass is 32.2. The van der Waals surface area contributed by atoms with E-state index in [0.717, 1.165) is 16.2 Å². The molecule has 3 nitrogen and oxygen atoms in total. The Morgan fingerprint density at radius 2 is 2.05 bits per heavy atom. The SMILES string of the molecule is CCCNC(CSc1cccs1)(C(=O)O)c1ccccc1. The van der Waals surface area contributed by atoms with Crippen LogP contribution in [0.5, 0.6) is 0 Å². The molecule has 0 aliphatic carbocycles. The van der Waals surface area contributed by atoms with Gasteiger partial charge in [0, 0.05) is 5.75 Å². The summed E-state index contributed by atoms with van der Waals surface area (Å²) in [5.74, 6) is -0.362. The maximum atomic E-state index is 12.0. The number of hydrogen-bond acceptors (Lipinski definition) is 4. The van der Waals surface area contributed by atoms with Gasteiger partial charge < -0.3 is 5.11 Å². The third-order valence-electron chi connectivity index (χ3n) is 3.23. The normalized spacial score (nSPS) is 13.8. The average Bonchev–Trinajstić information content (AvgIpc) is 3.02. The van der Waals surface area contributed by atoms with Crippen molar-refractivity contribution < 1.29 is 9.90 Å². The van der Waals surface area contributed by atoms with Gasteiger partial charge in [-0.2, -0.15) is 0 Å². The molecule has 0 radical (unpaired) electrons. The number of thioether (sulfide) groups is 1.